The largest absolute Gasteiger partial charge is 0.492 e. The summed E-state index contributed by atoms with van der Waals surface area (Å²) < 4.78 is 11.8. The van der Waals surface area contributed by atoms with Crippen molar-refractivity contribution >= 4 is 0 Å². The quantitative estimate of drug-likeness (QED) is 0.629. The Morgan fingerprint density at radius 3 is 1.56 bits per heavy atom. The molecule has 0 aromatic heterocycles. The molecule has 134 valence electrons. The van der Waals surface area contributed by atoms with Gasteiger partial charge < -0.3 is 19.3 Å². The third-order valence-electron chi connectivity index (χ3n) is 4.45. The van der Waals surface area contributed by atoms with E-state index in [0.29, 0.717) is 13.2 Å². The van der Waals surface area contributed by atoms with Gasteiger partial charge in [-0.1, -0.05) is 12.1 Å². The molecular formula is C21H28N2O2. The van der Waals surface area contributed by atoms with Crippen LogP contribution >= 0.6 is 0 Å². The van der Waals surface area contributed by atoms with E-state index >= 15 is 0 Å². The van der Waals surface area contributed by atoms with E-state index < -0.39 is 0 Å². The van der Waals surface area contributed by atoms with E-state index in [1.54, 1.807) is 0 Å². The molecule has 0 heterocycles. The van der Waals surface area contributed by atoms with E-state index in [9.17, 15) is 0 Å². The minimum Gasteiger partial charge on any atom is -0.492 e. The molecule has 4 heteroatoms. The van der Waals surface area contributed by atoms with Gasteiger partial charge in [0.25, 0.3) is 0 Å². The van der Waals surface area contributed by atoms with Gasteiger partial charge in [0.1, 0.15) is 24.7 Å². The summed E-state index contributed by atoms with van der Waals surface area (Å²) in [6, 6.07) is 12.9. The zero-order chi connectivity index (χ0) is 17.8. The van der Waals surface area contributed by atoms with Crippen LogP contribution in [-0.2, 0) is 6.42 Å². The topological polar surface area (TPSA) is 24.9 Å². The SMILES string of the molecule is CN(C)CCOc1ccc2c(c1)-c1cc(OCCN(C)C)ccc1C2. The number of fused-ring (bicyclic) bond motifs is 3. The van der Waals surface area contributed by atoms with Gasteiger partial charge in [-0.3, -0.25) is 0 Å². The number of hydrogen-bond donors (Lipinski definition) is 0. The molecule has 1 aliphatic rings. The molecule has 0 amide bonds. The number of ether oxygens (including phenoxy) is 2. The van der Waals surface area contributed by atoms with Gasteiger partial charge in [-0.2, -0.15) is 0 Å². The van der Waals surface area contributed by atoms with E-state index in [1.807, 2.05) is 0 Å². The third-order valence-corrected chi connectivity index (χ3v) is 4.45. The highest BCUT2D eigenvalue weighted by Crippen LogP contribution is 2.40. The molecule has 3 rings (SSSR count). The van der Waals surface area contributed by atoms with E-state index in [4.69, 9.17) is 9.47 Å². The van der Waals surface area contributed by atoms with Gasteiger partial charge in [-0.25, -0.2) is 0 Å². The average Bonchev–Trinajstić information content (AvgIpc) is 2.92. The van der Waals surface area contributed by atoms with Crippen LogP contribution in [0, 0.1) is 0 Å². The zero-order valence-corrected chi connectivity index (χ0v) is 15.7. The molecule has 0 unspecified atom stereocenters. The summed E-state index contributed by atoms with van der Waals surface area (Å²) in [5.74, 6) is 1.87. The van der Waals surface area contributed by atoms with Gasteiger partial charge in [0, 0.05) is 13.1 Å². The third kappa shape index (κ3) is 4.53. The van der Waals surface area contributed by atoms with Crippen LogP contribution in [0.5, 0.6) is 11.5 Å². The van der Waals surface area contributed by atoms with Crippen LogP contribution in [0.3, 0.4) is 0 Å². The van der Waals surface area contributed by atoms with Crippen molar-refractivity contribution in [1.82, 2.24) is 9.80 Å². The van der Waals surface area contributed by atoms with Crippen molar-refractivity contribution in [2.75, 3.05) is 54.5 Å². The monoisotopic (exact) mass is 340 g/mol. The highest BCUT2D eigenvalue weighted by atomic mass is 16.5. The smallest absolute Gasteiger partial charge is 0.120 e. The normalized spacial score (nSPS) is 12.4. The van der Waals surface area contributed by atoms with Crippen LogP contribution in [0.15, 0.2) is 36.4 Å². The molecule has 0 N–H and O–H groups in total. The molecule has 0 spiro atoms. The summed E-state index contributed by atoms with van der Waals surface area (Å²) in [6.45, 7) is 3.23. The predicted octanol–water partition coefficient (Wildman–Crippen LogP) is 3.14. The lowest BCUT2D eigenvalue weighted by Gasteiger charge is -2.13. The van der Waals surface area contributed by atoms with E-state index in [2.05, 4.69) is 74.4 Å². The van der Waals surface area contributed by atoms with Crippen molar-refractivity contribution < 1.29 is 9.47 Å². The highest BCUT2D eigenvalue weighted by molar-refractivity contribution is 5.78. The summed E-state index contributed by atoms with van der Waals surface area (Å²) in [5.41, 5.74) is 5.27. The van der Waals surface area contributed by atoms with Crippen molar-refractivity contribution in [3.8, 4) is 22.6 Å². The number of hydrogen-bond acceptors (Lipinski definition) is 4. The molecule has 2 aromatic rings. The Morgan fingerprint density at radius 1 is 0.720 bits per heavy atom. The first kappa shape index (κ1) is 17.8. The molecular weight excluding hydrogens is 312 g/mol. The Labute approximate surface area is 151 Å². The van der Waals surface area contributed by atoms with Crippen LogP contribution < -0.4 is 9.47 Å². The van der Waals surface area contributed by atoms with Crippen LogP contribution in [0.1, 0.15) is 11.1 Å². The zero-order valence-electron chi connectivity index (χ0n) is 15.7. The minimum absolute atomic E-state index is 0.701. The van der Waals surface area contributed by atoms with E-state index in [1.165, 1.54) is 22.3 Å². The fourth-order valence-electron chi connectivity index (χ4n) is 3.00. The van der Waals surface area contributed by atoms with Crippen molar-refractivity contribution in [2.45, 2.75) is 6.42 Å². The van der Waals surface area contributed by atoms with Crippen molar-refractivity contribution in [2.24, 2.45) is 0 Å². The van der Waals surface area contributed by atoms with Crippen LogP contribution in [0.4, 0.5) is 0 Å². The predicted molar refractivity (Wildman–Crippen MR) is 103 cm³/mol. The first-order valence-electron chi connectivity index (χ1n) is 8.84. The molecule has 0 saturated carbocycles. The Hall–Kier alpha value is -2.04. The van der Waals surface area contributed by atoms with Crippen LogP contribution in [0.25, 0.3) is 11.1 Å². The van der Waals surface area contributed by atoms with Crippen LogP contribution in [0.2, 0.25) is 0 Å². The lowest BCUT2D eigenvalue weighted by molar-refractivity contribution is 0.261. The lowest BCUT2D eigenvalue weighted by Crippen LogP contribution is -2.19. The molecule has 4 nitrogen and oxygen atoms in total. The van der Waals surface area contributed by atoms with Gasteiger partial charge >= 0.3 is 0 Å². The van der Waals surface area contributed by atoms with Crippen molar-refractivity contribution in [1.29, 1.82) is 0 Å². The Kier molecular flexibility index (Phi) is 5.61. The standard InChI is InChI=1S/C21H28N2O2/c1-22(2)9-11-24-18-7-5-16-13-17-6-8-19(25-12-10-23(3)4)15-21(17)20(16)14-18/h5-8,14-15H,9-13H2,1-4H3. The fourth-order valence-corrected chi connectivity index (χ4v) is 3.00. The summed E-state index contributed by atoms with van der Waals surface area (Å²) >= 11 is 0. The van der Waals surface area contributed by atoms with Gasteiger partial charge in [0.05, 0.1) is 0 Å². The molecule has 25 heavy (non-hydrogen) atoms. The maximum atomic E-state index is 5.90. The Morgan fingerprint density at radius 2 is 1.16 bits per heavy atom. The second-order valence-corrected chi connectivity index (χ2v) is 7.12. The molecule has 0 bridgehead atoms. The molecule has 0 fully saturated rings. The van der Waals surface area contributed by atoms with Gasteiger partial charge in [-0.15, -0.1) is 0 Å². The molecule has 2 aromatic carbocycles. The fraction of sp³-hybridized carbons (Fsp3) is 0.429. The minimum atomic E-state index is 0.701. The summed E-state index contributed by atoms with van der Waals surface area (Å²) in [4.78, 5) is 4.25. The molecule has 0 saturated heterocycles. The number of benzene rings is 2. The number of nitrogens with zero attached hydrogens (tertiary/aromatic N) is 2. The summed E-state index contributed by atoms with van der Waals surface area (Å²) in [5, 5.41) is 0. The van der Waals surface area contributed by atoms with Gasteiger partial charge in [-0.05, 0) is 81.1 Å². The highest BCUT2D eigenvalue weighted by Gasteiger charge is 2.19. The maximum Gasteiger partial charge on any atom is 0.120 e. The number of likely N-dealkylation sites (N-methyl/N-ethyl adjacent to an activating group) is 2. The van der Waals surface area contributed by atoms with Gasteiger partial charge in [0.2, 0.25) is 0 Å². The molecule has 1 aliphatic carbocycles. The molecule has 0 aliphatic heterocycles. The molecule has 0 atom stereocenters. The Bertz CT molecular complexity index is 664. The van der Waals surface area contributed by atoms with Crippen molar-refractivity contribution in [3.63, 3.8) is 0 Å². The lowest BCUT2D eigenvalue weighted by atomic mass is 10.1. The van der Waals surface area contributed by atoms with Crippen LogP contribution in [-0.4, -0.2) is 64.3 Å². The number of rotatable bonds is 8. The Balaban J connectivity index is 1.73. The average molecular weight is 340 g/mol. The van der Waals surface area contributed by atoms with E-state index in [0.717, 1.165) is 31.0 Å². The van der Waals surface area contributed by atoms with Gasteiger partial charge in [0.15, 0.2) is 0 Å². The molecule has 0 radical (unpaired) electrons. The van der Waals surface area contributed by atoms with Crippen molar-refractivity contribution in [3.05, 3.63) is 47.5 Å². The first-order chi connectivity index (χ1) is 12.0. The summed E-state index contributed by atoms with van der Waals surface area (Å²) in [7, 11) is 8.22. The first-order valence-corrected chi connectivity index (χ1v) is 8.84. The van der Waals surface area contributed by atoms with E-state index in [-0.39, 0.29) is 0 Å². The second kappa shape index (κ2) is 7.89. The second-order valence-electron chi connectivity index (χ2n) is 7.12. The maximum absolute atomic E-state index is 5.90. The summed E-state index contributed by atoms with van der Waals surface area (Å²) in [6.07, 6.45) is 0.987.